The third kappa shape index (κ3) is 1.69. The van der Waals surface area contributed by atoms with Gasteiger partial charge >= 0.3 is 0 Å². The van der Waals surface area contributed by atoms with E-state index < -0.39 is 0 Å². The molecule has 0 bridgehead atoms. The predicted octanol–water partition coefficient (Wildman–Crippen LogP) is 2.54. The average molecular weight is 192 g/mol. The molecule has 0 spiro atoms. The van der Waals surface area contributed by atoms with Crippen LogP contribution < -0.4 is 11.5 Å². The van der Waals surface area contributed by atoms with Gasteiger partial charge in [-0.2, -0.15) is 0 Å². The Morgan fingerprint density at radius 2 is 1.14 bits per heavy atom. The fraction of sp³-hybridized carbons (Fsp3) is 0.500. The predicted molar refractivity (Wildman–Crippen MR) is 63.4 cm³/mol. The zero-order valence-electron chi connectivity index (χ0n) is 9.35. The van der Waals surface area contributed by atoms with Crippen LogP contribution in [0.3, 0.4) is 0 Å². The number of hydrogen-bond donors (Lipinski definition) is 2. The van der Waals surface area contributed by atoms with Crippen LogP contribution >= 0.6 is 0 Å². The Balaban J connectivity index is 3.43. The van der Waals surface area contributed by atoms with Gasteiger partial charge in [-0.25, -0.2) is 0 Å². The van der Waals surface area contributed by atoms with Crippen LogP contribution in [0.25, 0.3) is 0 Å². The summed E-state index contributed by atoms with van der Waals surface area (Å²) in [5.41, 5.74) is 17.5. The number of nitrogen functional groups attached to an aromatic ring is 2. The quantitative estimate of drug-likeness (QED) is 0.723. The van der Waals surface area contributed by atoms with Crippen LogP contribution in [0, 0.1) is 0 Å². The molecule has 1 rings (SSSR count). The summed E-state index contributed by atoms with van der Waals surface area (Å²) < 4.78 is 0. The summed E-state index contributed by atoms with van der Waals surface area (Å²) in [4.78, 5) is 0. The lowest BCUT2D eigenvalue weighted by molar-refractivity contribution is 0.987. The molecule has 78 valence electrons. The molecule has 0 saturated heterocycles. The van der Waals surface area contributed by atoms with E-state index in [0.29, 0.717) is 0 Å². The van der Waals surface area contributed by atoms with Crippen molar-refractivity contribution in [1.29, 1.82) is 0 Å². The van der Waals surface area contributed by atoms with E-state index in [9.17, 15) is 0 Å². The van der Waals surface area contributed by atoms with Crippen LogP contribution in [0.2, 0.25) is 0 Å². The molecule has 1 aromatic carbocycles. The van der Waals surface area contributed by atoms with Gasteiger partial charge in [-0.1, -0.05) is 20.8 Å². The van der Waals surface area contributed by atoms with Crippen molar-refractivity contribution in [3.8, 4) is 0 Å². The molecule has 1 aromatic rings. The maximum atomic E-state index is 5.95. The maximum absolute atomic E-state index is 5.95. The molecule has 4 N–H and O–H groups in total. The first-order valence-corrected chi connectivity index (χ1v) is 5.34. The largest absolute Gasteiger partial charge is 0.398 e. The standard InChI is InChI=1S/C12H20N2/c1-4-8-9(5-2)11(13)7-12(14)10(8)6-3/h7H,4-6,13-14H2,1-3H3. The smallest absolute Gasteiger partial charge is 0.0370 e. The topological polar surface area (TPSA) is 52.0 Å². The summed E-state index contributed by atoms with van der Waals surface area (Å²) >= 11 is 0. The second-order valence-electron chi connectivity index (χ2n) is 3.55. The van der Waals surface area contributed by atoms with Crippen molar-refractivity contribution in [2.75, 3.05) is 11.5 Å². The molecule has 0 fully saturated rings. The van der Waals surface area contributed by atoms with E-state index in [1.807, 2.05) is 6.07 Å². The number of hydrogen-bond acceptors (Lipinski definition) is 2. The van der Waals surface area contributed by atoms with E-state index in [0.717, 1.165) is 30.6 Å². The Morgan fingerprint density at radius 1 is 0.786 bits per heavy atom. The fourth-order valence-electron chi connectivity index (χ4n) is 2.13. The van der Waals surface area contributed by atoms with Crippen molar-refractivity contribution in [2.45, 2.75) is 40.0 Å². The number of benzene rings is 1. The Bertz CT molecular complexity index is 301. The van der Waals surface area contributed by atoms with Gasteiger partial charge in [-0.15, -0.1) is 0 Å². The van der Waals surface area contributed by atoms with Crippen molar-refractivity contribution in [3.63, 3.8) is 0 Å². The normalized spacial score (nSPS) is 10.5. The minimum absolute atomic E-state index is 0.846. The molecule has 0 aliphatic carbocycles. The highest BCUT2D eigenvalue weighted by Crippen LogP contribution is 2.28. The Morgan fingerprint density at radius 3 is 1.43 bits per heavy atom. The molecule has 0 radical (unpaired) electrons. The highest BCUT2D eigenvalue weighted by atomic mass is 14.6. The van der Waals surface area contributed by atoms with Gasteiger partial charge < -0.3 is 11.5 Å². The third-order valence-corrected chi connectivity index (χ3v) is 2.80. The van der Waals surface area contributed by atoms with Crippen LogP contribution in [0.15, 0.2) is 6.07 Å². The number of nitrogens with two attached hydrogens (primary N) is 2. The van der Waals surface area contributed by atoms with Crippen molar-refractivity contribution < 1.29 is 0 Å². The molecular formula is C12H20N2. The third-order valence-electron chi connectivity index (χ3n) is 2.80. The van der Waals surface area contributed by atoms with E-state index in [1.54, 1.807) is 0 Å². The Hall–Kier alpha value is -1.18. The molecule has 14 heavy (non-hydrogen) atoms. The molecule has 0 heterocycles. The summed E-state index contributed by atoms with van der Waals surface area (Å²) in [6.45, 7) is 6.44. The highest BCUT2D eigenvalue weighted by molar-refractivity contribution is 5.65. The summed E-state index contributed by atoms with van der Waals surface area (Å²) in [6.07, 6.45) is 2.99. The van der Waals surface area contributed by atoms with Gasteiger partial charge in [0.15, 0.2) is 0 Å². The first kappa shape index (κ1) is 10.9. The second-order valence-corrected chi connectivity index (χ2v) is 3.55. The van der Waals surface area contributed by atoms with Gasteiger partial charge in [0, 0.05) is 11.4 Å². The van der Waals surface area contributed by atoms with E-state index in [1.165, 1.54) is 16.7 Å². The SMILES string of the molecule is CCc1c(N)cc(N)c(CC)c1CC. The molecule has 2 nitrogen and oxygen atoms in total. The van der Waals surface area contributed by atoms with Crippen LogP contribution in [0.1, 0.15) is 37.5 Å². The second kappa shape index (κ2) is 4.36. The molecule has 0 atom stereocenters. The molecule has 0 amide bonds. The molecule has 0 aromatic heterocycles. The minimum Gasteiger partial charge on any atom is -0.398 e. The van der Waals surface area contributed by atoms with Crippen LogP contribution in [0.4, 0.5) is 11.4 Å². The molecule has 0 unspecified atom stereocenters. The number of rotatable bonds is 3. The van der Waals surface area contributed by atoms with Gasteiger partial charge in [0.05, 0.1) is 0 Å². The van der Waals surface area contributed by atoms with Crippen molar-refractivity contribution >= 4 is 11.4 Å². The molecule has 0 aliphatic rings. The van der Waals surface area contributed by atoms with Crippen molar-refractivity contribution in [3.05, 3.63) is 22.8 Å². The first-order chi connectivity index (χ1) is 6.65. The Labute approximate surface area is 86.3 Å². The van der Waals surface area contributed by atoms with Gasteiger partial charge in [-0.05, 0) is 42.0 Å². The van der Waals surface area contributed by atoms with E-state index in [-0.39, 0.29) is 0 Å². The lowest BCUT2D eigenvalue weighted by Gasteiger charge is -2.16. The van der Waals surface area contributed by atoms with Gasteiger partial charge in [0.25, 0.3) is 0 Å². The lowest BCUT2D eigenvalue weighted by Crippen LogP contribution is -2.06. The van der Waals surface area contributed by atoms with Crippen LogP contribution in [-0.4, -0.2) is 0 Å². The zero-order valence-corrected chi connectivity index (χ0v) is 9.35. The fourth-order valence-corrected chi connectivity index (χ4v) is 2.13. The highest BCUT2D eigenvalue weighted by Gasteiger charge is 2.11. The van der Waals surface area contributed by atoms with Crippen molar-refractivity contribution in [1.82, 2.24) is 0 Å². The zero-order chi connectivity index (χ0) is 10.7. The van der Waals surface area contributed by atoms with Crippen LogP contribution in [0.5, 0.6) is 0 Å². The lowest BCUT2D eigenvalue weighted by atomic mass is 9.93. The first-order valence-electron chi connectivity index (χ1n) is 5.34. The molecular weight excluding hydrogens is 172 g/mol. The van der Waals surface area contributed by atoms with Crippen LogP contribution in [-0.2, 0) is 19.3 Å². The van der Waals surface area contributed by atoms with Gasteiger partial charge in [0.2, 0.25) is 0 Å². The number of anilines is 2. The summed E-state index contributed by atoms with van der Waals surface area (Å²) in [5.74, 6) is 0. The maximum Gasteiger partial charge on any atom is 0.0370 e. The average Bonchev–Trinajstić information content (AvgIpc) is 2.16. The van der Waals surface area contributed by atoms with E-state index >= 15 is 0 Å². The molecule has 0 saturated carbocycles. The van der Waals surface area contributed by atoms with E-state index in [2.05, 4.69) is 20.8 Å². The summed E-state index contributed by atoms with van der Waals surface area (Å²) in [6, 6.07) is 1.90. The monoisotopic (exact) mass is 192 g/mol. The summed E-state index contributed by atoms with van der Waals surface area (Å²) in [5, 5.41) is 0. The summed E-state index contributed by atoms with van der Waals surface area (Å²) in [7, 11) is 0. The van der Waals surface area contributed by atoms with Crippen molar-refractivity contribution in [2.24, 2.45) is 0 Å². The van der Waals surface area contributed by atoms with E-state index in [4.69, 9.17) is 11.5 Å². The Kier molecular flexibility index (Phi) is 3.39. The molecule has 2 heteroatoms. The molecule has 0 aliphatic heterocycles. The van der Waals surface area contributed by atoms with Gasteiger partial charge in [-0.3, -0.25) is 0 Å². The minimum atomic E-state index is 0.846. The van der Waals surface area contributed by atoms with Gasteiger partial charge in [0.1, 0.15) is 0 Å².